The van der Waals surface area contributed by atoms with Crippen LogP contribution in [0.3, 0.4) is 0 Å². The van der Waals surface area contributed by atoms with Gasteiger partial charge in [0.15, 0.2) is 0 Å². The first-order valence-electron chi connectivity index (χ1n) is 3.30. The molecule has 0 saturated carbocycles. The van der Waals surface area contributed by atoms with Crippen LogP contribution in [0.25, 0.3) is 0 Å². The van der Waals surface area contributed by atoms with Crippen LogP contribution < -0.4 is 0 Å². The van der Waals surface area contributed by atoms with E-state index in [1.165, 1.54) is 0 Å². The number of rotatable bonds is 0. The predicted octanol–water partition coefficient (Wildman–Crippen LogP) is 0.600. The van der Waals surface area contributed by atoms with E-state index in [-0.39, 0.29) is 0 Å². The average Bonchev–Trinajstić information content (AvgIpc) is 2.03. The number of hydrogen-bond acceptors (Lipinski definition) is 3. The fraction of sp³-hybridized carbons (Fsp3) is 0.714. The van der Waals surface area contributed by atoms with Gasteiger partial charge < -0.3 is 9.64 Å². The van der Waals surface area contributed by atoms with E-state index in [9.17, 15) is 0 Å². The lowest BCUT2D eigenvalue weighted by Crippen LogP contribution is -2.32. The fourth-order valence-corrected chi connectivity index (χ4v) is 1.01. The molecule has 1 saturated heterocycles. The monoisotopic (exact) mass is 157 g/mol. The molecular weight excluding hydrogens is 146 g/mol. The Morgan fingerprint density at radius 3 is 2.70 bits per heavy atom. The second-order valence-electron chi connectivity index (χ2n) is 2.02. The minimum atomic E-state index is 0.822. The predicted molar refractivity (Wildman–Crippen MR) is 43.7 cm³/mol. The minimum absolute atomic E-state index is 0.822. The van der Waals surface area contributed by atoms with E-state index in [1.54, 1.807) is 11.8 Å². The molecule has 0 radical (unpaired) electrons. The van der Waals surface area contributed by atoms with Gasteiger partial charge in [-0.1, -0.05) is 11.8 Å². The Bertz CT molecular complexity index is 143. The first-order valence-corrected chi connectivity index (χ1v) is 4.52. The summed E-state index contributed by atoms with van der Waals surface area (Å²) in [4.78, 5) is 2.10. The van der Waals surface area contributed by atoms with E-state index < -0.39 is 0 Å². The van der Waals surface area contributed by atoms with E-state index in [0.717, 1.165) is 26.3 Å². The van der Waals surface area contributed by atoms with E-state index >= 15 is 0 Å². The van der Waals surface area contributed by atoms with Gasteiger partial charge in [-0.05, 0) is 11.5 Å². The highest BCUT2D eigenvalue weighted by Crippen LogP contribution is 1.94. The largest absolute Gasteiger partial charge is 0.378 e. The first kappa shape index (κ1) is 7.77. The lowest BCUT2D eigenvalue weighted by molar-refractivity contribution is 0.0638. The van der Waals surface area contributed by atoms with Crippen LogP contribution in [0.4, 0.5) is 0 Å². The third kappa shape index (κ3) is 2.51. The molecule has 0 N–H and O–H groups in total. The van der Waals surface area contributed by atoms with Gasteiger partial charge in [0.25, 0.3) is 0 Å². The Balaban J connectivity index is 2.25. The Morgan fingerprint density at radius 2 is 2.10 bits per heavy atom. The van der Waals surface area contributed by atoms with Crippen molar-refractivity contribution in [3.8, 4) is 11.3 Å². The summed E-state index contributed by atoms with van der Waals surface area (Å²) in [5, 5.41) is 2.96. The Kier molecular flexibility index (Phi) is 3.48. The molecule has 0 spiro atoms. The standard InChI is InChI=1S/C7H11NOS/c1-10-7-4-8-2-5-9-6-3-8/h2-3,5-6H2,1H3. The zero-order valence-corrected chi connectivity index (χ0v) is 6.91. The molecule has 10 heavy (non-hydrogen) atoms. The molecule has 2 nitrogen and oxygen atoms in total. The number of thioether (sulfide) groups is 1. The van der Waals surface area contributed by atoms with Crippen LogP contribution in [0.2, 0.25) is 0 Å². The van der Waals surface area contributed by atoms with Crippen LogP contribution in [0.15, 0.2) is 0 Å². The molecule has 0 amide bonds. The van der Waals surface area contributed by atoms with Crippen molar-refractivity contribution in [1.29, 1.82) is 0 Å². The first-order chi connectivity index (χ1) is 4.93. The maximum Gasteiger partial charge on any atom is 0.0649 e. The van der Waals surface area contributed by atoms with Crippen LogP contribution in [0, 0.1) is 11.3 Å². The summed E-state index contributed by atoms with van der Waals surface area (Å²) in [5.74, 6) is 0. The summed E-state index contributed by atoms with van der Waals surface area (Å²) in [7, 11) is 0. The van der Waals surface area contributed by atoms with Gasteiger partial charge in [-0.2, -0.15) is 0 Å². The second kappa shape index (κ2) is 4.48. The molecular formula is C7H11NOS. The molecule has 0 aromatic rings. The van der Waals surface area contributed by atoms with Crippen molar-refractivity contribution in [1.82, 2.24) is 4.90 Å². The van der Waals surface area contributed by atoms with Crippen LogP contribution >= 0.6 is 11.8 Å². The van der Waals surface area contributed by atoms with E-state index in [2.05, 4.69) is 16.2 Å². The molecule has 0 unspecified atom stereocenters. The number of hydrogen-bond donors (Lipinski definition) is 0. The molecule has 56 valence electrons. The summed E-state index contributed by atoms with van der Waals surface area (Å²) >= 11 is 1.55. The van der Waals surface area contributed by atoms with Crippen molar-refractivity contribution in [3.05, 3.63) is 0 Å². The number of nitrogens with zero attached hydrogens (tertiary/aromatic N) is 1. The van der Waals surface area contributed by atoms with E-state index in [4.69, 9.17) is 4.74 Å². The zero-order chi connectivity index (χ0) is 7.23. The van der Waals surface area contributed by atoms with Gasteiger partial charge in [0.1, 0.15) is 0 Å². The maximum absolute atomic E-state index is 5.16. The lowest BCUT2D eigenvalue weighted by atomic mass is 10.5. The van der Waals surface area contributed by atoms with Gasteiger partial charge in [-0.3, -0.25) is 0 Å². The lowest BCUT2D eigenvalue weighted by Gasteiger charge is -2.22. The third-order valence-corrected chi connectivity index (χ3v) is 1.61. The summed E-state index contributed by atoms with van der Waals surface area (Å²) in [6.45, 7) is 3.55. The van der Waals surface area contributed by atoms with E-state index in [1.807, 2.05) is 6.26 Å². The van der Waals surface area contributed by atoms with Gasteiger partial charge in [0.05, 0.1) is 13.2 Å². The molecule has 0 atom stereocenters. The molecule has 0 bridgehead atoms. The topological polar surface area (TPSA) is 12.5 Å². The van der Waals surface area contributed by atoms with Gasteiger partial charge >= 0.3 is 0 Å². The summed E-state index contributed by atoms with van der Waals surface area (Å²) in [6.07, 6.45) is 1.98. The maximum atomic E-state index is 5.16. The molecule has 1 rings (SSSR count). The van der Waals surface area contributed by atoms with Crippen molar-refractivity contribution >= 4 is 11.8 Å². The second-order valence-corrected chi connectivity index (χ2v) is 2.63. The summed E-state index contributed by atoms with van der Waals surface area (Å²) < 4.78 is 5.16. The highest BCUT2D eigenvalue weighted by atomic mass is 32.2. The van der Waals surface area contributed by atoms with Gasteiger partial charge in [0, 0.05) is 19.1 Å². The highest BCUT2D eigenvalue weighted by Gasteiger charge is 2.04. The normalized spacial score (nSPS) is 17.9. The Morgan fingerprint density at radius 1 is 1.40 bits per heavy atom. The van der Waals surface area contributed by atoms with Crippen molar-refractivity contribution in [3.63, 3.8) is 0 Å². The number of morpholine rings is 1. The average molecular weight is 157 g/mol. The van der Waals surface area contributed by atoms with Crippen molar-refractivity contribution in [2.75, 3.05) is 32.6 Å². The fourth-order valence-electron chi connectivity index (χ4n) is 0.785. The van der Waals surface area contributed by atoms with Crippen molar-refractivity contribution in [2.45, 2.75) is 0 Å². The Labute approximate surface area is 65.9 Å². The SMILES string of the molecule is CSC#CN1CCOCC1. The molecule has 1 aliphatic heterocycles. The molecule has 1 fully saturated rings. The number of ether oxygens (including phenoxy) is 1. The van der Waals surface area contributed by atoms with Crippen molar-refractivity contribution < 1.29 is 4.74 Å². The highest BCUT2D eigenvalue weighted by molar-refractivity contribution is 8.03. The molecule has 0 aromatic heterocycles. The van der Waals surface area contributed by atoms with Gasteiger partial charge in [0.2, 0.25) is 0 Å². The molecule has 3 heteroatoms. The van der Waals surface area contributed by atoms with Crippen LogP contribution in [0.1, 0.15) is 0 Å². The van der Waals surface area contributed by atoms with Crippen LogP contribution in [0.5, 0.6) is 0 Å². The molecule has 1 heterocycles. The smallest absolute Gasteiger partial charge is 0.0649 e. The molecule has 0 aliphatic carbocycles. The Hall–Kier alpha value is -0.330. The van der Waals surface area contributed by atoms with Gasteiger partial charge in [-0.25, -0.2) is 0 Å². The quantitative estimate of drug-likeness (QED) is 0.478. The van der Waals surface area contributed by atoms with Gasteiger partial charge in [-0.15, -0.1) is 0 Å². The third-order valence-electron chi connectivity index (χ3n) is 1.32. The summed E-state index contributed by atoms with van der Waals surface area (Å²) in [5.41, 5.74) is 0. The zero-order valence-electron chi connectivity index (χ0n) is 6.09. The van der Waals surface area contributed by atoms with E-state index in [0.29, 0.717) is 0 Å². The van der Waals surface area contributed by atoms with Crippen LogP contribution in [-0.4, -0.2) is 37.5 Å². The van der Waals surface area contributed by atoms with Crippen molar-refractivity contribution in [2.24, 2.45) is 0 Å². The molecule has 1 aliphatic rings. The summed E-state index contributed by atoms with van der Waals surface area (Å²) in [6, 6.07) is 3.04. The minimum Gasteiger partial charge on any atom is -0.378 e. The molecule has 0 aromatic carbocycles. The van der Waals surface area contributed by atoms with Crippen LogP contribution in [-0.2, 0) is 4.74 Å².